The second-order valence-corrected chi connectivity index (χ2v) is 5.67. The Hall–Kier alpha value is -0.390. The molecule has 1 aliphatic heterocycles. The summed E-state index contributed by atoms with van der Waals surface area (Å²) in [5, 5.41) is 13.7. The van der Waals surface area contributed by atoms with Crippen molar-refractivity contribution >= 4 is 23.2 Å². The van der Waals surface area contributed by atoms with Gasteiger partial charge in [0, 0.05) is 36.2 Å². The largest absolute Gasteiger partial charge is 0.386 e. The van der Waals surface area contributed by atoms with Gasteiger partial charge in [-0.2, -0.15) is 0 Å². The lowest BCUT2D eigenvalue weighted by atomic mass is 10.0. The smallest absolute Gasteiger partial charge is 0.142 e. The lowest BCUT2D eigenvalue weighted by molar-refractivity contribution is 0.0252. The highest BCUT2D eigenvalue weighted by atomic mass is 35.5. The van der Waals surface area contributed by atoms with Gasteiger partial charge in [0.25, 0.3) is 0 Å². The van der Waals surface area contributed by atoms with Crippen LogP contribution < -0.4 is 5.32 Å². The minimum Gasteiger partial charge on any atom is -0.386 e. The van der Waals surface area contributed by atoms with Crippen molar-refractivity contribution in [2.24, 2.45) is 0 Å². The number of ether oxygens (including phenoxy) is 1. The third-order valence-electron chi connectivity index (χ3n) is 3.33. The van der Waals surface area contributed by atoms with Crippen LogP contribution in [0.25, 0.3) is 0 Å². The van der Waals surface area contributed by atoms with Crippen LogP contribution in [0, 0.1) is 5.82 Å². The van der Waals surface area contributed by atoms with E-state index < -0.39 is 11.4 Å². The average Bonchev–Trinajstić information content (AvgIpc) is 2.80. The van der Waals surface area contributed by atoms with E-state index in [1.54, 1.807) is 0 Å². The van der Waals surface area contributed by atoms with Gasteiger partial charge in [0.05, 0.1) is 11.6 Å². The zero-order valence-corrected chi connectivity index (χ0v) is 12.1. The van der Waals surface area contributed by atoms with Gasteiger partial charge in [0.2, 0.25) is 0 Å². The molecule has 2 N–H and O–H groups in total. The fraction of sp³-hybridized carbons (Fsp3) is 0.538. The third-order valence-corrected chi connectivity index (χ3v) is 4.05. The molecule has 3 nitrogen and oxygen atoms in total. The summed E-state index contributed by atoms with van der Waals surface area (Å²) in [5.74, 6) is -0.502. The second-order valence-electron chi connectivity index (χ2n) is 4.89. The molecule has 106 valence electrons. The van der Waals surface area contributed by atoms with Gasteiger partial charge >= 0.3 is 0 Å². The first-order valence-electron chi connectivity index (χ1n) is 6.10. The Balaban J connectivity index is 2.08. The number of nitrogens with one attached hydrogen (secondary N) is 1. The van der Waals surface area contributed by atoms with Gasteiger partial charge in [-0.1, -0.05) is 23.2 Å². The molecule has 0 spiro atoms. The topological polar surface area (TPSA) is 41.5 Å². The van der Waals surface area contributed by atoms with E-state index in [9.17, 15) is 9.50 Å². The van der Waals surface area contributed by atoms with Crippen LogP contribution >= 0.6 is 23.2 Å². The fourth-order valence-electron chi connectivity index (χ4n) is 2.12. The van der Waals surface area contributed by atoms with Crippen LogP contribution in [-0.4, -0.2) is 30.5 Å². The van der Waals surface area contributed by atoms with Gasteiger partial charge in [-0.05, 0) is 19.1 Å². The summed E-state index contributed by atoms with van der Waals surface area (Å²) in [4.78, 5) is 0. The molecule has 0 aromatic heterocycles. The molecule has 0 amide bonds. The summed E-state index contributed by atoms with van der Waals surface area (Å²) in [7, 11) is 0. The van der Waals surface area contributed by atoms with E-state index in [0.717, 1.165) is 0 Å². The monoisotopic (exact) mass is 307 g/mol. The maximum absolute atomic E-state index is 13.4. The van der Waals surface area contributed by atoms with Crippen molar-refractivity contribution in [1.82, 2.24) is 5.32 Å². The van der Waals surface area contributed by atoms with Crippen molar-refractivity contribution < 1.29 is 14.2 Å². The molecule has 1 aromatic rings. The van der Waals surface area contributed by atoms with E-state index in [1.165, 1.54) is 12.1 Å². The first-order chi connectivity index (χ1) is 8.93. The number of aliphatic hydroxyl groups is 1. The van der Waals surface area contributed by atoms with Crippen LogP contribution in [0.4, 0.5) is 4.39 Å². The van der Waals surface area contributed by atoms with E-state index in [4.69, 9.17) is 27.9 Å². The highest BCUT2D eigenvalue weighted by Gasteiger charge is 2.32. The average molecular weight is 308 g/mol. The van der Waals surface area contributed by atoms with Crippen LogP contribution in [0.3, 0.4) is 0 Å². The molecule has 0 saturated carbocycles. The molecule has 2 unspecified atom stereocenters. The lowest BCUT2D eigenvalue weighted by Gasteiger charge is -2.25. The van der Waals surface area contributed by atoms with Crippen molar-refractivity contribution in [3.63, 3.8) is 0 Å². The zero-order chi connectivity index (χ0) is 14.0. The molecule has 1 aliphatic rings. The highest BCUT2D eigenvalue weighted by Crippen LogP contribution is 2.32. The van der Waals surface area contributed by atoms with Crippen molar-refractivity contribution in [3.05, 3.63) is 33.6 Å². The van der Waals surface area contributed by atoms with Gasteiger partial charge in [-0.25, -0.2) is 4.39 Å². The third kappa shape index (κ3) is 3.38. The first-order valence-corrected chi connectivity index (χ1v) is 6.85. The standard InChI is InChI=1S/C13H16Cl2FNO2/c1-8(17-6-13(18)4-5-19-7-13)11-9(14)2-3-10(16)12(11)15/h2-3,8,17-18H,4-7H2,1H3. The number of hydrogen-bond acceptors (Lipinski definition) is 3. The number of halogens is 3. The van der Waals surface area contributed by atoms with Crippen molar-refractivity contribution in [1.29, 1.82) is 0 Å². The Bertz CT molecular complexity index is 464. The van der Waals surface area contributed by atoms with E-state index >= 15 is 0 Å². The Morgan fingerprint density at radius 2 is 2.26 bits per heavy atom. The quantitative estimate of drug-likeness (QED) is 0.840. The first kappa shape index (κ1) is 15.0. The number of hydrogen-bond donors (Lipinski definition) is 2. The molecule has 1 fully saturated rings. The molecule has 0 bridgehead atoms. The molecule has 2 rings (SSSR count). The molecular weight excluding hydrogens is 292 g/mol. The van der Waals surface area contributed by atoms with Crippen molar-refractivity contribution in [2.75, 3.05) is 19.8 Å². The van der Waals surface area contributed by atoms with Gasteiger partial charge in [0.15, 0.2) is 0 Å². The highest BCUT2D eigenvalue weighted by molar-refractivity contribution is 6.36. The maximum Gasteiger partial charge on any atom is 0.142 e. The Labute approximate surface area is 121 Å². The summed E-state index contributed by atoms with van der Waals surface area (Å²) >= 11 is 12.0. The molecule has 6 heteroatoms. The zero-order valence-electron chi connectivity index (χ0n) is 10.5. The van der Waals surface area contributed by atoms with Gasteiger partial charge < -0.3 is 15.2 Å². The van der Waals surface area contributed by atoms with E-state index in [2.05, 4.69) is 5.32 Å². The molecule has 1 aromatic carbocycles. The van der Waals surface area contributed by atoms with Crippen molar-refractivity contribution in [2.45, 2.75) is 25.0 Å². The molecule has 2 atom stereocenters. The fourth-order valence-corrected chi connectivity index (χ4v) is 2.82. The van der Waals surface area contributed by atoms with Crippen LogP contribution in [0.15, 0.2) is 12.1 Å². The summed E-state index contributed by atoms with van der Waals surface area (Å²) < 4.78 is 18.6. The van der Waals surface area contributed by atoms with Crippen LogP contribution in [-0.2, 0) is 4.74 Å². The maximum atomic E-state index is 13.4. The predicted octanol–water partition coefficient (Wildman–Crippen LogP) is 2.93. The van der Waals surface area contributed by atoms with Crippen molar-refractivity contribution in [3.8, 4) is 0 Å². The van der Waals surface area contributed by atoms with Gasteiger partial charge in [-0.3, -0.25) is 0 Å². The molecule has 1 heterocycles. The minimum atomic E-state index is -0.874. The molecular formula is C13H16Cl2FNO2. The summed E-state index contributed by atoms with van der Waals surface area (Å²) in [5.41, 5.74) is -0.369. The summed E-state index contributed by atoms with van der Waals surface area (Å²) in [6, 6.07) is 2.45. The molecule has 0 aliphatic carbocycles. The summed E-state index contributed by atoms with van der Waals surface area (Å²) in [6.07, 6.45) is 0.581. The van der Waals surface area contributed by atoms with E-state index in [0.29, 0.717) is 36.8 Å². The van der Waals surface area contributed by atoms with E-state index in [1.807, 2.05) is 6.92 Å². The SMILES string of the molecule is CC(NCC1(O)CCOC1)c1c(Cl)ccc(F)c1Cl. The van der Waals surface area contributed by atoms with Crippen LogP contribution in [0.1, 0.15) is 24.9 Å². The van der Waals surface area contributed by atoms with E-state index in [-0.39, 0.29) is 11.1 Å². The van der Waals surface area contributed by atoms with Crippen LogP contribution in [0.2, 0.25) is 10.0 Å². The Kier molecular flexibility index (Phi) is 4.69. The number of benzene rings is 1. The minimum absolute atomic E-state index is 0.0159. The second kappa shape index (κ2) is 5.94. The molecule has 1 saturated heterocycles. The Morgan fingerprint density at radius 1 is 1.53 bits per heavy atom. The van der Waals surface area contributed by atoms with Gasteiger partial charge in [-0.15, -0.1) is 0 Å². The Morgan fingerprint density at radius 3 is 2.89 bits per heavy atom. The number of rotatable bonds is 4. The lowest BCUT2D eigenvalue weighted by Crippen LogP contribution is -2.42. The van der Waals surface area contributed by atoms with Gasteiger partial charge in [0.1, 0.15) is 11.4 Å². The molecule has 0 radical (unpaired) electrons. The summed E-state index contributed by atoms with van der Waals surface area (Å²) in [6.45, 7) is 3.02. The predicted molar refractivity (Wildman–Crippen MR) is 73.2 cm³/mol. The van der Waals surface area contributed by atoms with Crippen LogP contribution in [0.5, 0.6) is 0 Å². The normalized spacial score (nSPS) is 24.7. The molecule has 19 heavy (non-hydrogen) atoms.